The minimum absolute atomic E-state index is 0.520. The fourth-order valence-corrected chi connectivity index (χ4v) is 1.96. The summed E-state index contributed by atoms with van der Waals surface area (Å²) in [4.78, 5) is 6.59. The Morgan fingerprint density at radius 2 is 2.32 bits per heavy atom. The van der Waals surface area contributed by atoms with E-state index < -0.39 is 0 Å². The van der Waals surface area contributed by atoms with Crippen molar-refractivity contribution in [3.63, 3.8) is 0 Å². The molecule has 1 saturated carbocycles. The molecule has 1 aliphatic carbocycles. The summed E-state index contributed by atoms with van der Waals surface area (Å²) in [7, 11) is 2.05. The van der Waals surface area contributed by atoms with Crippen LogP contribution in [0.3, 0.4) is 0 Å². The molecular formula is C12H18N6O. The SMILES string of the molecule is Cc1nncn1CCN(C)Cc1noc(C2CC2)n1. The van der Waals surface area contributed by atoms with Crippen molar-refractivity contribution in [1.82, 2.24) is 29.8 Å². The third-order valence-electron chi connectivity index (χ3n) is 3.35. The van der Waals surface area contributed by atoms with Crippen LogP contribution >= 0.6 is 0 Å². The fraction of sp³-hybridized carbons (Fsp3) is 0.667. The van der Waals surface area contributed by atoms with E-state index in [9.17, 15) is 0 Å². The van der Waals surface area contributed by atoms with Crippen LogP contribution in [0.25, 0.3) is 0 Å². The number of likely N-dealkylation sites (N-methyl/N-ethyl adjacent to an activating group) is 1. The number of aryl methyl sites for hydroxylation is 1. The van der Waals surface area contributed by atoms with Crippen LogP contribution < -0.4 is 0 Å². The highest BCUT2D eigenvalue weighted by Gasteiger charge is 2.29. The van der Waals surface area contributed by atoms with Crippen molar-refractivity contribution >= 4 is 0 Å². The van der Waals surface area contributed by atoms with Gasteiger partial charge in [-0.05, 0) is 26.8 Å². The van der Waals surface area contributed by atoms with Gasteiger partial charge in [0.25, 0.3) is 0 Å². The van der Waals surface area contributed by atoms with Crippen LogP contribution in [-0.4, -0.2) is 43.4 Å². The predicted octanol–water partition coefficient (Wildman–Crippen LogP) is 0.979. The zero-order valence-corrected chi connectivity index (χ0v) is 11.3. The van der Waals surface area contributed by atoms with Crippen molar-refractivity contribution in [3.05, 3.63) is 23.9 Å². The smallest absolute Gasteiger partial charge is 0.229 e. The lowest BCUT2D eigenvalue weighted by Crippen LogP contribution is -2.23. The zero-order chi connectivity index (χ0) is 13.2. The van der Waals surface area contributed by atoms with E-state index >= 15 is 0 Å². The van der Waals surface area contributed by atoms with Crippen LogP contribution in [0.15, 0.2) is 10.9 Å². The molecule has 0 unspecified atom stereocenters. The van der Waals surface area contributed by atoms with Crippen molar-refractivity contribution in [2.45, 2.75) is 38.8 Å². The third-order valence-corrected chi connectivity index (χ3v) is 3.35. The second-order valence-electron chi connectivity index (χ2n) is 5.13. The molecule has 0 atom stereocenters. The number of hydrogen-bond donors (Lipinski definition) is 0. The highest BCUT2D eigenvalue weighted by atomic mass is 16.5. The Morgan fingerprint density at radius 3 is 3.00 bits per heavy atom. The Morgan fingerprint density at radius 1 is 1.47 bits per heavy atom. The van der Waals surface area contributed by atoms with E-state index in [1.54, 1.807) is 6.33 Å². The van der Waals surface area contributed by atoms with Gasteiger partial charge in [0.2, 0.25) is 5.89 Å². The first-order valence-electron chi connectivity index (χ1n) is 6.58. The van der Waals surface area contributed by atoms with Crippen molar-refractivity contribution in [2.24, 2.45) is 0 Å². The van der Waals surface area contributed by atoms with Gasteiger partial charge in [-0.3, -0.25) is 4.90 Å². The van der Waals surface area contributed by atoms with Crippen molar-refractivity contribution in [2.75, 3.05) is 13.6 Å². The molecule has 2 heterocycles. The Kier molecular flexibility index (Phi) is 3.29. The average Bonchev–Trinajstić information content (AvgIpc) is 3.01. The molecule has 2 aromatic rings. The molecule has 0 aromatic carbocycles. The van der Waals surface area contributed by atoms with Gasteiger partial charge in [-0.25, -0.2) is 0 Å². The minimum Gasteiger partial charge on any atom is -0.339 e. The normalized spacial score (nSPS) is 15.3. The first kappa shape index (κ1) is 12.3. The summed E-state index contributed by atoms with van der Waals surface area (Å²) in [5, 5.41) is 11.9. The molecule has 102 valence electrons. The Hall–Kier alpha value is -1.76. The lowest BCUT2D eigenvalue weighted by Gasteiger charge is -2.14. The van der Waals surface area contributed by atoms with Gasteiger partial charge in [0, 0.05) is 19.0 Å². The van der Waals surface area contributed by atoms with E-state index in [0.717, 1.165) is 30.6 Å². The summed E-state index contributed by atoms with van der Waals surface area (Å²) < 4.78 is 7.28. The van der Waals surface area contributed by atoms with E-state index in [1.807, 2.05) is 18.5 Å². The fourth-order valence-electron chi connectivity index (χ4n) is 1.96. The highest BCUT2D eigenvalue weighted by molar-refractivity contribution is 5.01. The van der Waals surface area contributed by atoms with Crippen LogP contribution in [0, 0.1) is 6.92 Å². The third kappa shape index (κ3) is 2.98. The summed E-state index contributed by atoms with van der Waals surface area (Å²) in [6.45, 7) is 4.42. The van der Waals surface area contributed by atoms with Gasteiger partial charge >= 0.3 is 0 Å². The monoisotopic (exact) mass is 262 g/mol. The molecule has 2 aromatic heterocycles. The zero-order valence-electron chi connectivity index (χ0n) is 11.3. The van der Waals surface area contributed by atoms with Crippen LogP contribution in [0.5, 0.6) is 0 Å². The van der Waals surface area contributed by atoms with Gasteiger partial charge in [0.1, 0.15) is 12.2 Å². The molecule has 0 saturated heterocycles. The van der Waals surface area contributed by atoms with Crippen LogP contribution in [-0.2, 0) is 13.1 Å². The second kappa shape index (κ2) is 5.08. The summed E-state index contributed by atoms with van der Waals surface area (Å²) in [6, 6.07) is 0. The molecule has 19 heavy (non-hydrogen) atoms. The summed E-state index contributed by atoms with van der Waals surface area (Å²) in [6.07, 6.45) is 4.12. The van der Waals surface area contributed by atoms with Gasteiger partial charge in [0.15, 0.2) is 5.82 Å². The highest BCUT2D eigenvalue weighted by Crippen LogP contribution is 2.38. The average molecular weight is 262 g/mol. The Labute approximate surface area is 111 Å². The Bertz CT molecular complexity index is 544. The molecule has 0 spiro atoms. The quantitative estimate of drug-likeness (QED) is 0.772. The maximum absolute atomic E-state index is 5.25. The minimum atomic E-state index is 0.520. The van der Waals surface area contributed by atoms with Crippen molar-refractivity contribution in [3.8, 4) is 0 Å². The molecule has 3 rings (SSSR count). The standard InChI is InChI=1S/C12H18N6O/c1-9-15-13-8-18(9)6-5-17(2)7-11-14-12(19-16-11)10-3-4-10/h8,10H,3-7H2,1-2H3. The van der Waals surface area contributed by atoms with Gasteiger partial charge < -0.3 is 9.09 Å². The van der Waals surface area contributed by atoms with E-state index in [0.29, 0.717) is 12.5 Å². The van der Waals surface area contributed by atoms with E-state index in [4.69, 9.17) is 4.52 Å². The van der Waals surface area contributed by atoms with Gasteiger partial charge in [-0.15, -0.1) is 10.2 Å². The van der Waals surface area contributed by atoms with Crippen molar-refractivity contribution in [1.29, 1.82) is 0 Å². The number of aromatic nitrogens is 5. The molecule has 7 nitrogen and oxygen atoms in total. The lowest BCUT2D eigenvalue weighted by molar-refractivity contribution is 0.294. The number of rotatable bonds is 6. The number of hydrogen-bond acceptors (Lipinski definition) is 6. The van der Waals surface area contributed by atoms with E-state index in [-0.39, 0.29) is 0 Å². The lowest BCUT2D eigenvalue weighted by atomic mass is 10.4. The van der Waals surface area contributed by atoms with Gasteiger partial charge in [0.05, 0.1) is 6.54 Å². The molecule has 0 N–H and O–H groups in total. The van der Waals surface area contributed by atoms with Gasteiger partial charge in [-0.1, -0.05) is 5.16 Å². The first-order valence-corrected chi connectivity index (χ1v) is 6.58. The van der Waals surface area contributed by atoms with Crippen LogP contribution in [0.1, 0.15) is 36.3 Å². The Balaban J connectivity index is 1.50. The van der Waals surface area contributed by atoms with Gasteiger partial charge in [-0.2, -0.15) is 4.98 Å². The molecule has 0 bridgehead atoms. The molecule has 1 fully saturated rings. The molecule has 7 heteroatoms. The molecule has 0 amide bonds. The van der Waals surface area contributed by atoms with Crippen LogP contribution in [0.2, 0.25) is 0 Å². The number of nitrogens with zero attached hydrogens (tertiary/aromatic N) is 6. The second-order valence-corrected chi connectivity index (χ2v) is 5.13. The summed E-state index contributed by atoms with van der Waals surface area (Å²) >= 11 is 0. The first-order chi connectivity index (χ1) is 9.22. The summed E-state index contributed by atoms with van der Waals surface area (Å²) in [5.41, 5.74) is 0. The van der Waals surface area contributed by atoms with E-state index in [2.05, 4.69) is 25.2 Å². The van der Waals surface area contributed by atoms with Crippen LogP contribution in [0.4, 0.5) is 0 Å². The molecule has 0 aliphatic heterocycles. The topological polar surface area (TPSA) is 72.9 Å². The maximum atomic E-state index is 5.25. The largest absolute Gasteiger partial charge is 0.339 e. The summed E-state index contributed by atoms with van der Waals surface area (Å²) in [5.74, 6) is 3.03. The maximum Gasteiger partial charge on any atom is 0.229 e. The molecule has 0 radical (unpaired) electrons. The molecule has 1 aliphatic rings. The molecular weight excluding hydrogens is 244 g/mol. The van der Waals surface area contributed by atoms with E-state index in [1.165, 1.54) is 12.8 Å². The van der Waals surface area contributed by atoms with Crippen molar-refractivity contribution < 1.29 is 4.52 Å². The predicted molar refractivity (Wildman–Crippen MR) is 67.4 cm³/mol.